The summed E-state index contributed by atoms with van der Waals surface area (Å²) in [5.41, 5.74) is 5.11. The first kappa shape index (κ1) is 13.1. The van der Waals surface area contributed by atoms with Crippen LogP contribution in [0.15, 0.2) is 23.0 Å². The van der Waals surface area contributed by atoms with Crippen LogP contribution in [0.5, 0.6) is 5.75 Å². The lowest BCUT2D eigenvalue weighted by Gasteiger charge is -2.18. The Balaban J connectivity index is 2.28. The van der Waals surface area contributed by atoms with Gasteiger partial charge >= 0.3 is 0 Å². The van der Waals surface area contributed by atoms with E-state index in [1.165, 1.54) is 5.56 Å². The first-order valence-electron chi connectivity index (χ1n) is 5.87. The third kappa shape index (κ3) is 2.55. The highest BCUT2D eigenvalue weighted by atomic mass is 32.1. The Labute approximate surface area is 111 Å². The van der Waals surface area contributed by atoms with Gasteiger partial charge in [-0.25, -0.2) is 0 Å². The molecule has 2 heterocycles. The standard InChI is InChI=1S/C12H18N4OS/c1-3-16-12(11(17-2)7-14-16)10(15-13)6-9-4-5-18-8-9/h4-5,7-8,10,15H,3,6,13H2,1-2H3. The lowest BCUT2D eigenvalue weighted by atomic mass is 10.1. The maximum atomic E-state index is 5.68. The second-order valence-electron chi connectivity index (χ2n) is 3.97. The van der Waals surface area contributed by atoms with Gasteiger partial charge < -0.3 is 4.74 Å². The summed E-state index contributed by atoms with van der Waals surface area (Å²) in [6.45, 7) is 2.84. The Kier molecular flexibility index (Phi) is 4.35. The van der Waals surface area contributed by atoms with Crippen molar-refractivity contribution in [3.63, 3.8) is 0 Å². The van der Waals surface area contributed by atoms with Crippen molar-refractivity contribution in [2.45, 2.75) is 25.9 Å². The predicted octanol–water partition coefficient (Wildman–Crippen LogP) is 1.72. The Morgan fingerprint density at radius 1 is 1.61 bits per heavy atom. The Morgan fingerprint density at radius 2 is 2.44 bits per heavy atom. The molecule has 1 atom stereocenters. The van der Waals surface area contributed by atoms with Crippen molar-refractivity contribution in [3.8, 4) is 5.75 Å². The summed E-state index contributed by atoms with van der Waals surface area (Å²) in [6.07, 6.45) is 2.55. The highest BCUT2D eigenvalue weighted by molar-refractivity contribution is 7.07. The van der Waals surface area contributed by atoms with Gasteiger partial charge in [-0.15, -0.1) is 0 Å². The number of ether oxygens (including phenoxy) is 1. The summed E-state index contributed by atoms with van der Waals surface area (Å²) in [6, 6.07) is 2.10. The molecule has 0 aliphatic heterocycles. The van der Waals surface area contributed by atoms with E-state index >= 15 is 0 Å². The van der Waals surface area contributed by atoms with Crippen molar-refractivity contribution in [2.75, 3.05) is 7.11 Å². The molecule has 6 heteroatoms. The number of aromatic nitrogens is 2. The molecule has 0 aromatic carbocycles. The molecule has 2 rings (SSSR count). The molecule has 0 radical (unpaired) electrons. The summed E-state index contributed by atoms with van der Waals surface area (Å²) in [5.74, 6) is 6.46. The fourth-order valence-electron chi connectivity index (χ4n) is 2.02. The van der Waals surface area contributed by atoms with E-state index in [1.54, 1.807) is 24.6 Å². The SMILES string of the molecule is CCn1ncc(OC)c1C(Cc1ccsc1)NN. The maximum absolute atomic E-state index is 5.68. The number of nitrogens with two attached hydrogens (primary N) is 1. The molecule has 0 saturated heterocycles. The van der Waals surface area contributed by atoms with E-state index in [0.29, 0.717) is 0 Å². The van der Waals surface area contributed by atoms with Crippen LogP contribution in [0.4, 0.5) is 0 Å². The number of hydrazine groups is 1. The monoisotopic (exact) mass is 266 g/mol. The second-order valence-corrected chi connectivity index (χ2v) is 4.75. The number of hydrogen-bond donors (Lipinski definition) is 2. The average Bonchev–Trinajstić information content (AvgIpc) is 3.04. The highest BCUT2D eigenvalue weighted by Gasteiger charge is 2.21. The third-order valence-electron chi connectivity index (χ3n) is 2.92. The van der Waals surface area contributed by atoms with Crippen molar-refractivity contribution in [1.29, 1.82) is 0 Å². The van der Waals surface area contributed by atoms with Gasteiger partial charge in [0.05, 0.1) is 25.0 Å². The fraction of sp³-hybridized carbons (Fsp3) is 0.417. The Bertz CT molecular complexity index is 459. The van der Waals surface area contributed by atoms with Crippen LogP contribution in [0.2, 0.25) is 0 Å². The predicted molar refractivity (Wildman–Crippen MR) is 72.5 cm³/mol. The number of methoxy groups -OCH3 is 1. The molecular formula is C12H18N4OS. The van der Waals surface area contributed by atoms with Crippen molar-refractivity contribution < 1.29 is 4.74 Å². The van der Waals surface area contributed by atoms with Crippen molar-refractivity contribution in [1.82, 2.24) is 15.2 Å². The third-order valence-corrected chi connectivity index (χ3v) is 3.65. The molecule has 98 valence electrons. The summed E-state index contributed by atoms with van der Waals surface area (Å²) in [4.78, 5) is 0. The van der Waals surface area contributed by atoms with Gasteiger partial charge in [0.15, 0.2) is 5.75 Å². The molecule has 0 bridgehead atoms. The van der Waals surface area contributed by atoms with E-state index in [2.05, 4.69) is 27.4 Å². The van der Waals surface area contributed by atoms with Crippen molar-refractivity contribution in [2.24, 2.45) is 5.84 Å². The lowest BCUT2D eigenvalue weighted by molar-refractivity contribution is 0.391. The maximum Gasteiger partial charge on any atom is 0.161 e. The first-order valence-corrected chi connectivity index (χ1v) is 6.81. The molecular weight excluding hydrogens is 248 g/mol. The van der Waals surface area contributed by atoms with Gasteiger partial charge in [0.2, 0.25) is 0 Å². The van der Waals surface area contributed by atoms with Crippen LogP contribution >= 0.6 is 11.3 Å². The normalized spacial score (nSPS) is 12.6. The van der Waals surface area contributed by atoms with Gasteiger partial charge in [0, 0.05) is 6.54 Å². The molecule has 0 aliphatic rings. The number of rotatable bonds is 6. The Hall–Kier alpha value is -1.37. The zero-order valence-electron chi connectivity index (χ0n) is 10.6. The molecule has 2 aromatic heterocycles. The average molecular weight is 266 g/mol. The molecule has 18 heavy (non-hydrogen) atoms. The van der Waals surface area contributed by atoms with Gasteiger partial charge in [-0.3, -0.25) is 16.0 Å². The van der Waals surface area contributed by atoms with Crippen LogP contribution in [0.1, 0.15) is 24.2 Å². The smallest absolute Gasteiger partial charge is 0.161 e. The van der Waals surface area contributed by atoms with Crippen LogP contribution in [-0.4, -0.2) is 16.9 Å². The highest BCUT2D eigenvalue weighted by Crippen LogP contribution is 2.27. The zero-order valence-corrected chi connectivity index (χ0v) is 11.4. The minimum Gasteiger partial charge on any atom is -0.493 e. The molecule has 5 nitrogen and oxygen atoms in total. The molecule has 0 spiro atoms. The number of thiophene rings is 1. The van der Waals surface area contributed by atoms with Gasteiger partial charge in [0.25, 0.3) is 0 Å². The minimum absolute atomic E-state index is 0.00278. The number of hydrogen-bond acceptors (Lipinski definition) is 5. The minimum atomic E-state index is -0.00278. The quantitative estimate of drug-likeness (QED) is 0.617. The van der Waals surface area contributed by atoms with Gasteiger partial charge in [-0.1, -0.05) is 0 Å². The summed E-state index contributed by atoms with van der Waals surface area (Å²) < 4.78 is 7.27. The van der Waals surface area contributed by atoms with Crippen LogP contribution in [0, 0.1) is 0 Å². The van der Waals surface area contributed by atoms with E-state index in [4.69, 9.17) is 10.6 Å². The van der Waals surface area contributed by atoms with Gasteiger partial charge in [0.1, 0.15) is 0 Å². The van der Waals surface area contributed by atoms with Crippen LogP contribution in [-0.2, 0) is 13.0 Å². The van der Waals surface area contributed by atoms with E-state index in [0.717, 1.165) is 24.4 Å². The topological polar surface area (TPSA) is 65.1 Å². The molecule has 3 N–H and O–H groups in total. The number of nitrogens with one attached hydrogen (secondary N) is 1. The van der Waals surface area contributed by atoms with E-state index in [1.807, 2.05) is 11.6 Å². The van der Waals surface area contributed by atoms with Crippen molar-refractivity contribution >= 4 is 11.3 Å². The number of aryl methyl sites for hydroxylation is 1. The van der Waals surface area contributed by atoms with E-state index < -0.39 is 0 Å². The van der Waals surface area contributed by atoms with Crippen molar-refractivity contribution in [3.05, 3.63) is 34.3 Å². The lowest BCUT2D eigenvalue weighted by Crippen LogP contribution is -2.31. The fourth-order valence-corrected chi connectivity index (χ4v) is 2.70. The molecule has 0 amide bonds. The number of nitrogens with zero attached hydrogens (tertiary/aromatic N) is 2. The summed E-state index contributed by atoms with van der Waals surface area (Å²) in [7, 11) is 1.65. The molecule has 2 aromatic rings. The zero-order chi connectivity index (χ0) is 13.0. The second kappa shape index (κ2) is 5.99. The van der Waals surface area contributed by atoms with Crippen LogP contribution in [0.3, 0.4) is 0 Å². The molecule has 1 unspecified atom stereocenters. The summed E-state index contributed by atoms with van der Waals surface area (Å²) >= 11 is 1.69. The molecule has 0 saturated carbocycles. The van der Waals surface area contributed by atoms with E-state index in [9.17, 15) is 0 Å². The van der Waals surface area contributed by atoms with Gasteiger partial charge in [-0.2, -0.15) is 16.4 Å². The Morgan fingerprint density at radius 3 is 3.00 bits per heavy atom. The van der Waals surface area contributed by atoms with Crippen LogP contribution < -0.4 is 16.0 Å². The van der Waals surface area contributed by atoms with E-state index in [-0.39, 0.29) is 6.04 Å². The van der Waals surface area contributed by atoms with Crippen LogP contribution in [0.25, 0.3) is 0 Å². The molecule has 0 aliphatic carbocycles. The summed E-state index contributed by atoms with van der Waals surface area (Å²) in [5, 5.41) is 8.50. The van der Waals surface area contributed by atoms with Gasteiger partial charge in [-0.05, 0) is 35.7 Å². The molecule has 0 fully saturated rings. The first-order chi connectivity index (χ1) is 8.80. The largest absolute Gasteiger partial charge is 0.493 e.